The van der Waals surface area contributed by atoms with Crippen LogP contribution in [0.3, 0.4) is 0 Å². The van der Waals surface area contributed by atoms with Gasteiger partial charge >= 0.3 is 5.97 Å². The molecule has 6 nitrogen and oxygen atoms in total. The number of benzene rings is 2. The minimum absolute atomic E-state index is 0.0513. The summed E-state index contributed by atoms with van der Waals surface area (Å²) in [6, 6.07) is 17.1. The lowest BCUT2D eigenvalue weighted by Gasteiger charge is -2.18. The van der Waals surface area contributed by atoms with Gasteiger partial charge in [-0.05, 0) is 50.8 Å². The highest BCUT2D eigenvalue weighted by molar-refractivity contribution is 5.97. The van der Waals surface area contributed by atoms with Gasteiger partial charge in [0.15, 0.2) is 6.10 Å². The number of esters is 1. The van der Waals surface area contributed by atoms with Crippen molar-refractivity contribution in [1.82, 2.24) is 10.6 Å². The normalized spacial score (nSPS) is 12.5. The van der Waals surface area contributed by atoms with Gasteiger partial charge in [0.25, 0.3) is 11.8 Å². The highest BCUT2D eigenvalue weighted by Gasteiger charge is 2.20. The highest BCUT2D eigenvalue weighted by Crippen LogP contribution is 2.07. The smallest absolute Gasteiger partial charge is 0.326 e. The molecule has 2 aromatic rings. The van der Waals surface area contributed by atoms with Crippen LogP contribution in [0.1, 0.15) is 41.8 Å². The first kappa shape index (κ1) is 22.1. The van der Waals surface area contributed by atoms with E-state index < -0.39 is 12.1 Å². The van der Waals surface area contributed by atoms with E-state index in [0.29, 0.717) is 5.56 Å². The zero-order valence-corrected chi connectivity index (χ0v) is 17.1. The van der Waals surface area contributed by atoms with Gasteiger partial charge in [-0.15, -0.1) is 0 Å². The van der Waals surface area contributed by atoms with E-state index in [2.05, 4.69) is 10.6 Å². The van der Waals surface area contributed by atoms with Crippen molar-refractivity contribution in [3.63, 3.8) is 0 Å². The maximum absolute atomic E-state index is 12.2. The van der Waals surface area contributed by atoms with Crippen LogP contribution in [-0.2, 0) is 20.7 Å². The van der Waals surface area contributed by atoms with Crippen molar-refractivity contribution in [3.05, 3.63) is 71.3 Å². The largest absolute Gasteiger partial charge is 0.451 e. The van der Waals surface area contributed by atoms with Gasteiger partial charge in [0.2, 0.25) is 0 Å². The molecular formula is C23H28N2O4. The lowest BCUT2D eigenvalue weighted by Crippen LogP contribution is -2.42. The van der Waals surface area contributed by atoms with Crippen LogP contribution in [0.2, 0.25) is 0 Å². The van der Waals surface area contributed by atoms with Gasteiger partial charge in [0.05, 0.1) is 0 Å². The number of ether oxygens (including phenoxy) is 1. The predicted octanol–water partition coefficient (Wildman–Crippen LogP) is 2.79. The number of aryl methyl sites for hydroxylation is 2. The van der Waals surface area contributed by atoms with Gasteiger partial charge in [-0.1, -0.05) is 48.5 Å². The molecule has 2 atom stereocenters. The van der Waals surface area contributed by atoms with E-state index >= 15 is 0 Å². The third-order valence-electron chi connectivity index (χ3n) is 4.56. The van der Waals surface area contributed by atoms with E-state index in [1.807, 2.05) is 56.3 Å². The Morgan fingerprint density at radius 1 is 0.966 bits per heavy atom. The van der Waals surface area contributed by atoms with Gasteiger partial charge in [-0.3, -0.25) is 14.4 Å². The zero-order chi connectivity index (χ0) is 21.2. The van der Waals surface area contributed by atoms with E-state index in [1.54, 1.807) is 12.1 Å². The molecule has 2 amide bonds. The highest BCUT2D eigenvalue weighted by atomic mass is 16.5. The summed E-state index contributed by atoms with van der Waals surface area (Å²) in [6.07, 6.45) is 0.696. The number of carbonyl (C=O) groups excluding carboxylic acids is 3. The lowest BCUT2D eigenvalue weighted by molar-refractivity contribution is -0.154. The minimum Gasteiger partial charge on any atom is -0.451 e. The average molecular weight is 396 g/mol. The number of rotatable bonds is 9. The Labute approximate surface area is 171 Å². The Morgan fingerprint density at radius 2 is 1.62 bits per heavy atom. The van der Waals surface area contributed by atoms with E-state index in [4.69, 9.17) is 4.74 Å². The van der Waals surface area contributed by atoms with E-state index in [0.717, 1.165) is 18.4 Å². The first-order valence-electron chi connectivity index (χ1n) is 9.74. The Morgan fingerprint density at radius 3 is 2.31 bits per heavy atom. The van der Waals surface area contributed by atoms with Crippen LogP contribution in [0.25, 0.3) is 0 Å². The van der Waals surface area contributed by atoms with Gasteiger partial charge in [0.1, 0.15) is 6.54 Å². The SMILES string of the molecule is Cc1ccccc1C(=O)NCC(=O)O[C@H](C)C(=O)N[C@@H](C)CCc1ccccc1. The first-order chi connectivity index (χ1) is 13.9. The quantitative estimate of drug-likeness (QED) is 0.639. The fraction of sp³-hybridized carbons (Fsp3) is 0.348. The van der Waals surface area contributed by atoms with Gasteiger partial charge in [0, 0.05) is 11.6 Å². The fourth-order valence-electron chi connectivity index (χ4n) is 2.83. The molecule has 2 N–H and O–H groups in total. The maximum atomic E-state index is 12.2. The molecule has 0 aliphatic rings. The minimum atomic E-state index is -0.933. The van der Waals surface area contributed by atoms with E-state index in [1.165, 1.54) is 12.5 Å². The molecule has 0 heterocycles. The molecule has 0 spiro atoms. The van der Waals surface area contributed by atoms with Crippen molar-refractivity contribution in [3.8, 4) is 0 Å². The third-order valence-corrected chi connectivity index (χ3v) is 4.56. The molecule has 2 aromatic carbocycles. The molecule has 0 unspecified atom stereocenters. The molecule has 0 fully saturated rings. The van der Waals surface area contributed by atoms with Gasteiger partial charge in [-0.2, -0.15) is 0 Å². The van der Waals surface area contributed by atoms with E-state index in [9.17, 15) is 14.4 Å². The number of hydrogen-bond acceptors (Lipinski definition) is 4. The molecular weight excluding hydrogens is 368 g/mol. The summed E-state index contributed by atoms with van der Waals surface area (Å²) < 4.78 is 5.13. The van der Waals surface area contributed by atoms with Gasteiger partial charge < -0.3 is 15.4 Å². The molecule has 0 aliphatic heterocycles. The average Bonchev–Trinajstić information content (AvgIpc) is 2.71. The van der Waals surface area contributed by atoms with Crippen LogP contribution in [0.5, 0.6) is 0 Å². The maximum Gasteiger partial charge on any atom is 0.326 e. The summed E-state index contributed by atoms with van der Waals surface area (Å²) in [5, 5.41) is 5.37. The Bertz CT molecular complexity index is 836. The number of carbonyl (C=O) groups is 3. The molecule has 0 saturated carbocycles. The number of amides is 2. The second-order valence-corrected chi connectivity index (χ2v) is 7.06. The monoisotopic (exact) mass is 396 g/mol. The van der Waals surface area contributed by atoms with Crippen molar-refractivity contribution in [2.24, 2.45) is 0 Å². The Kier molecular flexibility index (Phi) is 8.40. The Balaban J connectivity index is 1.71. The molecule has 6 heteroatoms. The predicted molar refractivity (Wildman–Crippen MR) is 111 cm³/mol. The summed E-state index contributed by atoms with van der Waals surface area (Å²) in [5.74, 6) is -1.37. The summed E-state index contributed by atoms with van der Waals surface area (Å²) in [5.41, 5.74) is 2.52. The van der Waals surface area contributed by atoms with Crippen LogP contribution in [0.4, 0.5) is 0 Å². The molecule has 0 aromatic heterocycles. The third kappa shape index (κ3) is 7.41. The molecule has 0 bridgehead atoms. The summed E-state index contributed by atoms with van der Waals surface area (Å²) >= 11 is 0. The van der Waals surface area contributed by atoms with Gasteiger partial charge in [-0.25, -0.2) is 0 Å². The topological polar surface area (TPSA) is 84.5 Å². The Hall–Kier alpha value is -3.15. The van der Waals surface area contributed by atoms with Crippen LogP contribution in [0, 0.1) is 6.92 Å². The van der Waals surface area contributed by atoms with Crippen molar-refractivity contribution < 1.29 is 19.1 Å². The van der Waals surface area contributed by atoms with Crippen molar-refractivity contribution in [2.45, 2.75) is 45.8 Å². The molecule has 0 radical (unpaired) electrons. The van der Waals surface area contributed by atoms with Crippen LogP contribution < -0.4 is 10.6 Å². The standard InChI is InChI=1S/C23H28N2O4/c1-16-9-7-8-12-20(16)23(28)24-15-21(26)29-18(3)22(27)25-17(2)13-14-19-10-5-4-6-11-19/h4-12,17-18H,13-15H2,1-3H3,(H,24,28)(H,25,27)/t17-,18+/m0/s1. The summed E-state index contributed by atoms with van der Waals surface area (Å²) in [7, 11) is 0. The summed E-state index contributed by atoms with van der Waals surface area (Å²) in [6.45, 7) is 4.95. The van der Waals surface area contributed by atoms with Crippen molar-refractivity contribution in [2.75, 3.05) is 6.54 Å². The van der Waals surface area contributed by atoms with Crippen LogP contribution in [0.15, 0.2) is 54.6 Å². The molecule has 0 aliphatic carbocycles. The van der Waals surface area contributed by atoms with Crippen molar-refractivity contribution >= 4 is 17.8 Å². The molecule has 2 rings (SSSR count). The zero-order valence-electron chi connectivity index (χ0n) is 17.1. The van der Waals surface area contributed by atoms with E-state index in [-0.39, 0.29) is 24.4 Å². The second-order valence-electron chi connectivity index (χ2n) is 7.06. The molecule has 29 heavy (non-hydrogen) atoms. The second kappa shape index (κ2) is 11.0. The van der Waals surface area contributed by atoms with Crippen LogP contribution in [-0.4, -0.2) is 36.5 Å². The summed E-state index contributed by atoms with van der Waals surface area (Å²) in [4.78, 5) is 36.3. The van der Waals surface area contributed by atoms with Crippen LogP contribution >= 0.6 is 0 Å². The first-order valence-corrected chi connectivity index (χ1v) is 9.74. The lowest BCUT2D eigenvalue weighted by atomic mass is 10.1. The number of nitrogens with one attached hydrogen (secondary N) is 2. The molecule has 154 valence electrons. The molecule has 0 saturated heterocycles. The van der Waals surface area contributed by atoms with Crippen molar-refractivity contribution in [1.29, 1.82) is 0 Å². The fourth-order valence-corrected chi connectivity index (χ4v) is 2.83. The number of hydrogen-bond donors (Lipinski definition) is 2.